The van der Waals surface area contributed by atoms with Gasteiger partial charge in [0.1, 0.15) is 11.5 Å². The van der Waals surface area contributed by atoms with Crippen LogP contribution in [-0.4, -0.2) is 31.9 Å². The van der Waals surface area contributed by atoms with Gasteiger partial charge < -0.3 is 9.73 Å². The Kier molecular flexibility index (Phi) is 3.82. The van der Waals surface area contributed by atoms with Crippen LogP contribution >= 0.6 is 0 Å². The minimum atomic E-state index is -2.95. The Morgan fingerprint density at radius 3 is 2.81 bits per heavy atom. The second kappa shape index (κ2) is 5.48. The predicted octanol–water partition coefficient (Wildman–Crippen LogP) is 1.64. The van der Waals surface area contributed by atoms with Crippen LogP contribution < -0.4 is 5.32 Å². The Bertz CT molecular complexity index is 634. The first-order chi connectivity index (χ1) is 9.93. The zero-order chi connectivity index (χ0) is 15.0. The third kappa shape index (κ3) is 3.67. The highest BCUT2D eigenvalue weighted by Crippen LogP contribution is 2.47. The third-order valence-corrected chi connectivity index (χ3v) is 6.12. The predicted molar refractivity (Wildman–Crippen MR) is 78.8 cm³/mol. The van der Waals surface area contributed by atoms with Gasteiger partial charge in [-0.25, -0.2) is 8.42 Å². The SMILES string of the molecule is CC1CC1c1ccc(CCC(=O)NC2CCS(=O)(=O)C2)o1. The maximum absolute atomic E-state index is 11.8. The minimum Gasteiger partial charge on any atom is -0.466 e. The Labute approximate surface area is 125 Å². The van der Waals surface area contributed by atoms with Crippen molar-refractivity contribution in [2.24, 2.45) is 5.92 Å². The van der Waals surface area contributed by atoms with E-state index in [1.54, 1.807) is 0 Å². The molecule has 1 aliphatic carbocycles. The van der Waals surface area contributed by atoms with Crippen molar-refractivity contribution in [1.29, 1.82) is 0 Å². The van der Waals surface area contributed by atoms with Crippen molar-refractivity contribution in [2.75, 3.05) is 11.5 Å². The molecule has 1 aromatic rings. The van der Waals surface area contributed by atoms with E-state index in [-0.39, 0.29) is 23.5 Å². The van der Waals surface area contributed by atoms with Crippen LogP contribution in [0.4, 0.5) is 0 Å². The first kappa shape index (κ1) is 14.6. The first-order valence-electron chi connectivity index (χ1n) is 7.51. The minimum absolute atomic E-state index is 0.0726. The fraction of sp³-hybridized carbons (Fsp3) is 0.667. The van der Waals surface area contributed by atoms with Gasteiger partial charge in [0.05, 0.1) is 11.5 Å². The number of carbonyl (C=O) groups is 1. The van der Waals surface area contributed by atoms with Gasteiger partial charge in [0.15, 0.2) is 9.84 Å². The summed E-state index contributed by atoms with van der Waals surface area (Å²) in [5.74, 6) is 3.27. The molecule has 1 aliphatic heterocycles. The normalized spacial score (nSPS) is 30.2. The summed E-state index contributed by atoms with van der Waals surface area (Å²) in [4.78, 5) is 11.8. The van der Waals surface area contributed by atoms with Gasteiger partial charge in [-0.1, -0.05) is 6.92 Å². The maximum atomic E-state index is 11.8. The van der Waals surface area contributed by atoms with Crippen molar-refractivity contribution in [2.45, 2.75) is 44.6 Å². The molecule has 1 saturated carbocycles. The fourth-order valence-corrected chi connectivity index (χ4v) is 4.57. The van der Waals surface area contributed by atoms with Crippen LogP contribution in [0.15, 0.2) is 16.5 Å². The zero-order valence-electron chi connectivity index (χ0n) is 12.2. The van der Waals surface area contributed by atoms with Crippen LogP contribution in [0.25, 0.3) is 0 Å². The molecule has 3 atom stereocenters. The largest absolute Gasteiger partial charge is 0.466 e. The number of rotatable bonds is 5. The lowest BCUT2D eigenvalue weighted by Gasteiger charge is -2.10. The fourth-order valence-electron chi connectivity index (χ4n) is 2.89. The van der Waals surface area contributed by atoms with Gasteiger partial charge in [0, 0.05) is 24.8 Å². The molecule has 1 saturated heterocycles. The van der Waals surface area contributed by atoms with Gasteiger partial charge in [-0.2, -0.15) is 0 Å². The van der Waals surface area contributed by atoms with Crippen molar-refractivity contribution in [1.82, 2.24) is 5.32 Å². The summed E-state index contributed by atoms with van der Waals surface area (Å²) < 4.78 is 28.4. The van der Waals surface area contributed by atoms with Crippen LogP contribution in [0.1, 0.15) is 43.6 Å². The number of nitrogens with one attached hydrogen (secondary N) is 1. The standard InChI is InChI=1S/C15H21NO4S/c1-10-8-13(10)14-4-2-12(20-14)3-5-15(17)16-11-6-7-21(18,19)9-11/h2,4,10-11,13H,3,5-9H2,1H3,(H,16,17). The van der Waals surface area contributed by atoms with Gasteiger partial charge in [-0.15, -0.1) is 0 Å². The van der Waals surface area contributed by atoms with Gasteiger partial charge in [0.2, 0.25) is 5.91 Å². The highest BCUT2D eigenvalue weighted by atomic mass is 32.2. The average Bonchev–Trinajstić information content (AvgIpc) is 2.84. The second-order valence-corrected chi connectivity index (χ2v) is 8.52. The van der Waals surface area contributed by atoms with Gasteiger partial charge in [0.25, 0.3) is 0 Å². The van der Waals surface area contributed by atoms with Gasteiger partial charge in [-0.3, -0.25) is 4.79 Å². The van der Waals surface area contributed by atoms with Crippen LogP contribution in [-0.2, 0) is 21.1 Å². The quantitative estimate of drug-likeness (QED) is 0.897. The molecule has 0 bridgehead atoms. The molecule has 21 heavy (non-hydrogen) atoms. The average molecular weight is 311 g/mol. The summed E-state index contributed by atoms with van der Waals surface area (Å²) in [5, 5.41) is 2.79. The van der Waals surface area contributed by atoms with Crippen molar-refractivity contribution < 1.29 is 17.6 Å². The summed E-state index contributed by atoms with van der Waals surface area (Å²) in [7, 11) is -2.95. The lowest BCUT2D eigenvalue weighted by molar-refractivity contribution is -0.121. The van der Waals surface area contributed by atoms with Crippen LogP contribution in [0, 0.1) is 5.92 Å². The van der Waals surface area contributed by atoms with E-state index in [9.17, 15) is 13.2 Å². The van der Waals surface area contributed by atoms with E-state index in [0.29, 0.717) is 31.1 Å². The van der Waals surface area contributed by atoms with Crippen molar-refractivity contribution >= 4 is 15.7 Å². The summed E-state index contributed by atoms with van der Waals surface area (Å²) in [6, 6.07) is 3.72. The lowest BCUT2D eigenvalue weighted by Crippen LogP contribution is -2.35. The summed E-state index contributed by atoms with van der Waals surface area (Å²) in [6.45, 7) is 2.20. The van der Waals surface area contributed by atoms with E-state index < -0.39 is 9.84 Å². The molecule has 1 aromatic heterocycles. The Balaban J connectivity index is 1.44. The van der Waals surface area contributed by atoms with Crippen molar-refractivity contribution in [3.8, 4) is 0 Å². The molecule has 2 heterocycles. The number of furan rings is 1. The molecular formula is C15H21NO4S. The van der Waals surface area contributed by atoms with Crippen LogP contribution in [0.3, 0.4) is 0 Å². The molecule has 116 valence electrons. The molecule has 0 aromatic carbocycles. The van der Waals surface area contributed by atoms with Gasteiger partial charge in [-0.05, 0) is 30.9 Å². The lowest BCUT2D eigenvalue weighted by atomic mass is 10.2. The van der Waals surface area contributed by atoms with E-state index in [2.05, 4.69) is 12.2 Å². The molecule has 6 heteroatoms. The highest BCUT2D eigenvalue weighted by molar-refractivity contribution is 7.91. The Hall–Kier alpha value is -1.30. The summed E-state index contributed by atoms with van der Waals surface area (Å²) >= 11 is 0. The zero-order valence-corrected chi connectivity index (χ0v) is 13.0. The monoisotopic (exact) mass is 311 g/mol. The molecule has 1 N–H and O–H groups in total. The molecule has 0 spiro atoms. The molecule has 3 rings (SSSR count). The number of aryl methyl sites for hydroxylation is 1. The van der Waals surface area contributed by atoms with E-state index in [4.69, 9.17) is 4.42 Å². The molecule has 5 nitrogen and oxygen atoms in total. The van der Waals surface area contributed by atoms with Crippen LogP contribution in [0.2, 0.25) is 0 Å². The Morgan fingerprint density at radius 2 is 2.19 bits per heavy atom. The van der Waals surface area contributed by atoms with E-state index in [1.807, 2.05) is 12.1 Å². The maximum Gasteiger partial charge on any atom is 0.220 e. The second-order valence-electron chi connectivity index (χ2n) is 6.29. The number of sulfone groups is 1. The molecular weight excluding hydrogens is 290 g/mol. The number of amides is 1. The molecule has 2 aliphatic rings. The first-order valence-corrected chi connectivity index (χ1v) is 9.33. The number of carbonyl (C=O) groups excluding carboxylic acids is 1. The van der Waals surface area contributed by atoms with E-state index in [1.165, 1.54) is 6.42 Å². The topological polar surface area (TPSA) is 76.4 Å². The van der Waals surface area contributed by atoms with Crippen molar-refractivity contribution in [3.63, 3.8) is 0 Å². The third-order valence-electron chi connectivity index (χ3n) is 4.35. The van der Waals surface area contributed by atoms with E-state index in [0.717, 1.165) is 11.5 Å². The summed E-state index contributed by atoms with van der Waals surface area (Å²) in [5.41, 5.74) is 0. The van der Waals surface area contributed by atoms with E-state index >= 15 is 0 Å². The molecule has 0 radical (unpaired) electrons. The number of hydrogen-bond donors (Lipinski definition) is 1. The highest BCUT2D eigenvalue weighted by Gasteiger charge is 2.36. The molecule has 1 amide bonds. The van der Waals surface area contributed by atoms with Crippen LogP contribution in [0.5, 0.6) is 0 Å². The molecule has 2 fully saturated rings. The van der Waals surface area contributed by atoms with Crippen molar-refractivity contribution in [3.05, 3.63) is 23.7 Å². The number of hydrogen-bond acceptors (Lipinski definition) is 4. The summed E-state index contributed by atoms with van der Waals surface area (Å²) in [6.07, 6.45) is 2.61. The smallest absolute Gasteiger partial charge is 0.220 e. The van der Waals surface area contributed by atoms with Gasteiger partial charge >= 0.3 is 0 Å². The Morgan fingerprint density at radius 1 is 1.43 bits per heavy atom. The molecule has 3 unspecified atom stereocenters.